The Kier molecular flexibility index (Phi) is 4.11. The number of hydrogen-bond acceptors (Lipinski definition) is 3. The molecule has 0 spiro atoms. The molecule has 1 aliphatic rings. The quantitative estimate of drug-likeness (QED) is 0.906. The predicted octanol–water partition coefficient (Wildman–Crippen LogP) is 1.93. The highest BCUT2D eigenvalue weighted by molar-refractivity contribution is 5.88. The number of hydrogen-bond donors (Lipinski definition) is 2. The predicted molar refractivity (Wildman–Crippen MR) is 83.5 cm³/mol. The molecule has 1 aromatic heterocycles. The van der Waals surface area contributed by atoms with Crippen LogP contribution in [0.3, 0.4) is 0 Å². The molecular formula is C16H20N4O2. The van der Waals surface area contributed by atoms with Gasteiger partial charge in [0.15, 0.2) is 5.82 Å². The first kappa shape index (κ1) is 14.6. The molecule has 22 heavy (non-hydrogen) atoms. The van der Waals surface area contributed by atoms with Gasteiger partial charge < -0.3 is 10.0 Å². The molecule has 1 unspecified atom stereocenters. The Balaban J connectivity index is 1.79. The summed E-state index contributed by atoms with van der Waals surface area (Å²) in [6, 6.07) is 9.70. The number of anilines is 1. The van der Waals surface area contributed by atoms with Gasteiger partial charge in [0.25, 0.3) is 0 Å². The minimum absolute atomic E-state index is 0.00654. The molecule has 2 N–H and O–H groups in total. The number of carbonyl (C=O) groups is 1. The van der Waals surface area contributed by atoms with Crippen molar-refractivity contribution >= 4 is 11.8 Å². The van der Waals surface area contributed by atoms with E-state index in [1.165, 1.54) is 11.1 Å². The Morgan fingerprint density at radius 2 is 2.27 bits per heavy atom. The molecule has 6 heteroatoms. The summed E-state index contributed by atoms with van der Waals surface area (Å²) in [6.45, 7) is 0.242. The number of nitrogens with one attached hydrogen (secondary N) is 1. The van der Waals surface area contributed by atoms with Crippen molar-refractivity contribution in [2.75, 3.05) is 18.5 Å². The molecule has 2 amide bonds. The van der Waals surface area contributed by atoms with E-state index in [0.29, 0.717) is 12.4 Å². The van der Waals surface area contributed by atoms with E-state index >= 15 is 0 Å². The van der Waals surface area contributed by atoms with Crippen LogP contribution in [0, 0.1) is 0 Å². The lowest BCUT2D eigenvalue weighted by Gasteiger charge is -2.29. The van der Waals surface area contributed by atoms with Crippen LogP contribution < -0.4 is 5.32 Å². The van der Waals surface area contributed by atoms with Crippen molar-refractivity contribution in [3.8, 4) is 0 Å². The summed E-state index contributed by atoms with van der Waals surface area (Å²) in [5, 5.41) is 16.3. The van der Waals surface area contributed by atoms with Crippen LogP contribution in [0.1, 0.15) is 23.6 Å². The van der Waals surface area contributed by atoms with Crippen molar-refractivity contribution in [3.05, 3.63) is 47.7 Å². The van der Waals surface area contributed by atoms with Crippen molar-refractivity contribution in [2.45, 2.75) is 18.9 Å². The average Bonchev–Trinajstić information content (AvgIpc) is 3.11. The second kappa shape index (κ2) is 6.19. The number of aromatic nitrogens is 2. The second-order valence-electron chi connectivity index (χ2n) is 5.48. The first-order valence-corrected chi connectivity index (χ1v) is 7.45. The molecule has 6 nitrogen and oxygen atoms in total. The molecular weight excluding hydrogens is 280 g/mol. The third-order valence-electron chi connectivity index (χ3n) is 4.03. The molecule has 0 bridgehead atoms. The SMILES string of the molecule is Cn1ccc(NC(=O)N(CCO)C2CCc3ccccc32)n1. The molecule has 116 valence electrons. The fourth-order valence-corrected chi connectivity index (χ4v) is 3.03. The van der Waals surface area contributed by atoms with E-state index in [4.69, 9.17) is 0 Å². The number of nitrogens with zero attached hydrogens (tertiary/aromatic N) is 3. The monoisotopic (exact) mass is 300 g/mol. The summed E-state index contributed by atoms with van der Waals surface area (Å²) in [5.41, 5.74) is 2.45. The van der Waals surface area contributed by atoms with Crippen LogP contribution in [0.5, 0.6) is 0 Å². The molecule has 1 heterocycles. The number of aryl methyl sites for hydroxylation is 2. The zero-order valence-corrected chi connectivity index (χ0v) is 12.6. The summed E-state index contributed by atoms with van der Waals surface area (Å²) in [6.07, 6.45) is 3.62. The molecule has 0 radical (unpaired) electrons. The van der Waals surface area contributed by atoms with Crippen LogP contribution >= 0.6 is 0 Å². The number of fused-ring (bicyclic) bond motifs is 1. The van der Waals surface area contributed by atoms with Gasteiger partial charge in [-0.3, -0.25) is 10.00 Å². The number of aliphatic hydroxyl groups excluding tert-OH is 1. The zero-order valence-electron chi connectivity index (χ0n) is 12.6. The van der Waals surface area contributed by atoms with Gasteiger partial charge >= 0.3 is 6.03 Å². The molecule has 2 aromatic rings. The van der Waals surface area contributed by atoms with E-state index in [1.807, 2.05) is 12.1 Å². The molecule has 0 saturated carbocycles. The van der Waals surface area contributed by atoms with E-state index in [-0.39, 0.29) is 18.7 Å². The molecule has 0 aliphatic heterocycles. The minimum Gasteiger partial charge on any atom is -0.395 e. The lowest BCUT2D eigenvalue weighted by Crippen LogP contribution is -2.39. The van der Waals surface area contributed by atoms with Crippen molar-refractivity contribution < 1.29 is 9.90 Å². The van der Waals surface area contributed by atoms with E-state index in [2.05, 4.69) is 22.5 Å². The summed E-state index contributed by atoms with van der Waals surface area (Å²) in [5.74, 6) is 0.515. The Morgan fingerprint density at radius 1 is 1.45 bits per heavy atom. The molecule has 1 aromatic carbocycles. The first-order valence-electron chi connectivity index (χ1n) is 7.45. The van der Waals surface area contributed by atoms with Crippen molar-refractivity contribution in [1.82, 2.24) is 14.7 Å². The first-order chi connectivity index (χ1) is 10.7. The highest BCUT2D eigenvalue weighted by Crippen LogP contribution is 2.35. The molecule has 1 aliphatic carbocycles. The standard InChI is InChI=1S/C16H20N4O2/c1-19-9-8-15(18-19)17-16(22)20(10-11-21)14-7-6-12-4-2-3-5-13(12)14/h2-5,8-9,14,21H,6-7,10-11H2,1H3,(H,17,18,22). The minimum atomic E-state index is -0.227. The largest absolute Gasteiger partial charge is 0.395 e. The Labute approximate surface area is 129 Å². The van der Waals surface area contributed by atoms with Crippen LogP contribution in [0.25, 0.3) is 0 Å². The average molecular weight is 300 g/mol. The number of amides is 2. The highest BCUT2D eigenvalue weighted by atomic mass is 16.3. The van der Waals surface area contributed by atoms with Gasteiger partial charge in [0.2, 0.25) is 0 Å². The molecule has 3 rings (SSSR count). The lowest BCUT2D eigenvalue weighted by molar-refractivity contribution is 0.162. The normalized spacial score (nSPS) is 16.4. The second-order valence-corrected chi connectivity index (χ2v) is 5.48. The van der Waals surface area contributed by atoms with E-state index in [0.717, 1.165) is 12.8 Å². The van der Waals surface area contributed by atoms with Crippen LogP contribution in [0.15, 0.2) is 36.5 Å². The summed E-state index contributed by atoms with van der Waals surface area (Å²) >= 11 is 0. The van der Waals surface area contributed by atoms with Gasteiger partial charge in [0.1, 0.15) is 0 Å². The number of aliphatic hydroxyl groups is 1. The summed E-state index contributed by atoms with van der Waals surface area (Å²) < 4.78 is 1.64. The number of benzene rings is 1. The van der Waals surface area contributed by atoms with Crippen LogP contribution in [-0.2, 0) is 13.5 Å². The number of rotatable bonds is 4. The van der Waals surface area contributed by atoms with Crippen LogP contribution in [0.4, 0.5) is 10.6 Å². The maximum Gasteiger partial charge on any atom is 0.323 e. The van der Waals surface area contributed by atoms with Gasteiger partial charge in [-0.25, -0.2) is 4.79 Å². The van der Waals surface area contributed by atoms with E-state index in [9.17, 15) is 9.90 Å². The lowest BCUT2D eigenvalue weighted by atomic mass is 10.1. The van der Waals surface area contributed by atoms with Crippen LogP contribution in [0.2, 0.25) is 0 Å². The van der Waals surface area contributed by atoms with Crippen molar-refractivity contribution in [3.63, 3.8) is 0 Å². The third-order valence-corrected chi connectivity index (χ3v) is 4.03. The maximum absolute atomic E-state index is 12.6. The Hall–Kier alpha value is -2.34. The van der Waals surface area contributed by atoms with Gasteiger partial charge in [0, 0.05) is 25.9 Å². The highest BCUT2D eigenvalue weighted by Gasteiger charge is 2.30. The number of urea groups is 1. The van der Waals surface area contributed by atoms with Crippen LogP contribution in [-0.4, -0.2) is 39.0 Å². The molecule has 0 fully saturated rings. The molecule has 0 saturated heterocycles. The smallest absolute Gasteiger partial charge is 0.323 e. The van der Waals surface area contributed by atoms with Crippen molar-refractivity contribution in [1.29, 1.82) is 0 Å². The Morgan fingerprint density at radius 3 is 3.00 bits per heavy atom. The third kappa shape index (κ3) is 2.82. The van der Waals surface area contributed by atoms with Gasteiger partial charge in [-0.05, 0) is 24.0 Å². The van der Waals surface area contributed by atoms with E-state index in [1.54, 1.807) is 28.9 Å². The van der Waals surface area contributed by atoms with E-state index < -0.39 is 0 Å². The summed E-state index contributed by atoms with van der Waals surface area (Å²) in [7, 11) is 1.80. The topological polar surface area (TPSA) is 70.4 Å². The fraction of sp³-hybridized carbons (Fsp3) is 0.375. The van der Waals surface area contributed by atoms with Crippen molar-refractivity contribution in [2.24, 2.45) is 7.05 Å². The summed E-state index contributed by atoms with van der Waals surface area (Å²) in [4.78, 5) is 14.3. The van der Waals surface area contributed by atoms with Gasteiger partial charge in [-0.1, -0.05) is 24.3 Å². The fourth-order valence-electron chi connectivity index (χ4n) is 3.03. The van der Waals surface area contributed by atoms with Gasteiger partial charge in [-0.2, -0.15) is 5.10 Å². The maximum atomic E-state index is 12.6. The van der Waals surface area contributed by atoms with Gasteiger partial charge in [0.05, 0.1) is 12.6 Å². The van der Waals surface area contributed by atoms with Gasteiger partial charge in [-0.15, -0.1) is 0 Å². The molecule has 1 atom stereocenters. The number of carbonyl (C=O) groups excluding carboxylic acids is 1. The zero-order chi connectivity index (χ0) is 15.5. The Bertz CT molecular complexity index is 668.